The van der Waals surface area contributed by atoms with Crippen molar-refractivity contribution >= 4 is 27.7 Å². The van der Waals surface area contributed by atoms with E-state index in [1.165, 1.54) is 24.4 Å². The first kappa shape index (κ1) is 15.3. The monoisotopic (exact) mass is 314 g/mol. The van der Waals surface area contributed by atoms with Crippen LogP contribution in [0, 0.1) is 5.92 Å². The van der Waals surface area contributed by atoms with Crippen LogP contribution in [0.5, 0.6) is 0 Å². The van der Waals surface area contributed by atoms with E-state index in [9.17, 15) is 18.0 Å². The molecule has 1 aromatic rings. The van der Waals surface area contributed by atoms with E-state index in [4.69, 9.17) is 5.14 Å². The number of sulfonamides is 1. The molecule has 2 heterocycles. The van der Waals surface area contributed by atoms with Crippen molar-refractivity contribution < 1.29 is 22.7 Å². The average Bonchev–Trinajstić information content (AvgIpc) is 2.76. The molecule has 1 aliphatic rings. The summed E-state index contributed by atoms with van der Waals surface area (Å²) in [6.45, 7) is 0.109. The van der Waals surface area contributed by atoms with E-state index in [1.807, 2.05) is 0 Å². The number of hydrogen-bond donors (Lipinski definition) is 1. The van der Waals surface area contributed by atoms with Gasteiger partial charge in [0.25, 0.3) is 0 Å². The van der Waals surface area contributed by atoms with Crippen molar-refractivity contribution in [3.8, 4) is 0 Å². The smallest absolute Gasteiger partial charge is 0.360 e. The highest BCUT2D eigenvalue weighted by atomic mass is 32.2. The van der Waals surface area contributed by atoms with Crippen molar-refractivity contribution in [3.63, 3.8) is 0 Å². The van der Waals surface area contributed by atoms with E-state index in [-0.39, 0.29) is 36.1 Å². The molecule has 0 aliphatic carbocycles. The molecule has 0 radical (unpaired) electrons. The van der Waals surface area contributed by atoms with Gasteiger partial charge in [-0.1, -0.05) is 0 Å². The van der Waals surface area contributed by atoms with E-state index in [0.29, 0.717) is 0 Å². The molecule has 1 unspecified atom stereocenters. The molecule has 0 spiro atoms. The Bertz CT molecular complexity index is 675. The molecule has 2 N–H and O–H groups in total. The first-order chi connectivity index (χ1) is 9.81. The van der Waals surface area contributed by atoms with Crippen LogP contribution in [0.4, 0.5) is 5.82 Å². The van der Waals surface area contributed by atoms with Crippen LogP contribution in [0.1, 0.15) is 16.9 Å². The van der Waals surface area contributed by atoms with E-state index in [1.54, 1.807) is 0 Å². The zero-order chi connectivity index (χ0) is 15.6. The standard InChI is InChI=1S/C11H14N4O5S/c1-20-11(17)9-10(14-3-2-13-9)15-5-7(4-8(15)16)6-21(12,18)19/h2-3,7H,4-6H2,1H3,(H2,12,18,19). The molecule has 1 aromatic heterocycles. The summed E-state index contributed by atoms with van der Waals surface area (Å²) in [5, 5.41) is 4.98. The van der Waals surface area contributed by atoms with Crippen LogP contribution < -0.4 is 10.0 Å². The van der Waals surface area contributed by atoms with Crippen molar-refractivity contribution in [1.29, 1.82) is 0 Å². The highest BCUT2D eigenvalue weighted by Crippen LogP contribution is 2.26. The zero-order valence-electron chi connectivity index (χ0n) is 11.2. The topological polar surface area (TPSA) is 133 Å². The molecule has 1 atom stereocenters. The number of hydrogen-bond acceptors (Lipinski definition) is 7. The van der Waals surface area contributed by atoms with E-state index in [2.05, 4.69) is 14.7 Å². The zero-order valence-corrected chi connectivity index (χ0v) is 12.0. The Labute approximate surface area is 121 Å². The molecule has 1 fully saturated rings. The van der Waals surface area contributed by atoms with Crippen molar-refractivity contribution in [2.24, 2.45) is 11.1 Å². The highest BCUT2D eigenvalue weighted by molar-refractivity contribution is 7.89. The van der Waals surface area contributed by atoms with Crippen LogP contribution in [0.25, 0.3) is 0 Å². The molecule has 21 heavy (non-hydrogen) atoms. The van der Waals surface area contributed by atoms with Crippen LogP contribution >= 0.6 is 0 Å². The molecule has 9 nitrogen and oxygen atoms in total. The summed E-state index contributed by atoms with van der Waals surface area (Å²) in [5.41, 5.74) is -0.0930. The summed E-state index contributed by atoms with van der Waals surface area (Å²) in [6.07, 6.45) is 2.66. The summed E-state index contributed by atoms with van der Waals surface area (Å²) >= 11 is 0. The summed E-state index contributed by atoms with van der Waals surface area (Å²) in [4.78, 5) is 32.7. The highest BCUT2D eigenvalue weighted by Gasteiger charge is 2.35. The number of rotatable bonds is 4. The predicted molar refractivity (Wildman–Crippen MR) is 71.8 cm³/mol. The van der Waals surface area contributed by atoms with Gasteiger partial charge in [0.15, 0.2) is 11.5 Å². The lowest BCUT2D eigenvalue weighted by Gasteiger charge is -2.17. The fraction of sp³-hybridized carbons (Fsp3) is 0.455. The number of primary sulfonamides is 1. The molecule has 2 rings (SSSR count). The van der Waals surface area contributed by atoms with Crippen molar-refractivity contribution in [3.05, 3.63) is 18.1 Å². The van der Waals surface area contributed by atoms with Crippen molar-refractivity contribution in [2.75, 3.05) is 24.3 Å². The lowest BCUT2D eigenvalue weighted by molar-refractivity contribution is -0.117. The van der Waals surface area contributed by atoms with Crippen LogP contribution in [-0.2, 0) is 19.6 Å². The van der Waals surface area contributed by atoms with E-state index in [0.717, 1.165) is 0 Å². The Morgan fingerprint density at radius 3 is 2.76 bits per heavy atom. The number of methoxy groups -OCH3 is 1. The van der Waals surface area contributed by atoms with Gasteiger partial charge in [-0.05, 0) is 0 Å². The molecule has 10 heteroatoms. The summed E-state index contributed by atoms with van der Waals surface area (Å²) < 4.78 is 26.8. The Morgan fingerprint density at radius 1 is 1.48 bits per heavy atom. The number of nitrogens with zero attached hydrogens (tertiary/aromatic N) is 3. The number of carbonyl (C=O) groups excluding carboxylic acids is 2. The third-order valence-electron chi connectivity index (χ3n) is 2.99. The quantitative estimate of drug-likeness (QED) is 0.698. The second-order valence-electron chi connectivity index (χ2n) is 4.62. The van der Waals surface area contributed by atoms with Crippen molar-refractivity contribution in [2.45, 2.75) is 6.42 Å². The van der Waals surface area contributed by atoms with Gasteiger partial charge in [0.05, 0.1) is 12.9 Å². The van der Waals surface area contributed by atoms with Crippen LogP contribution in [0.15, 0.2) is 12.4 Å². The van der Waals surface area contributed by atoms with Crippen molar-refractivity contribution in [1.82, 2.24) is 9.97 Å². The predicted octanol–water partition coefficient (Wildman–Crippen LogP) is -1.10. The maximum atomic E-state index is 12.0. The molecular formula is C11H14N4O5S. The minimum Gasteiger partial charge on any atom is -0.464 e. The molecule has 114 valence electrons. The van der Waals surface area contributed by atoms with Gasteiger partial charge in [-0.15, -0.1) is 0 Å². The molecular weight excluding hydrogens is 300 g/mol. The second kappa shape index (κ2) is 5.74. The third kappa shape index (κ3) is 3.52. The van der Waals surface area contributed by atoms with E-state index >= 15 is 0 Å². The maximum absolute atomic E-state index is 12.0. The van der Waals surface area contributed by atoms with Gasteiger partial charge < -0.3 is 4.74 Å². The Kier molecular flexibility index (Phi) is 4.19. The summed E-state index contributed by atoms with van der Waals surface area (Å²) in [7, 11) is -2.48. The number of ether oxygens (including phenoxy) is 1. The average molecular weight is 314 g/mol. The van der Waals surface area contributed by atoms with Gasteiger partial charge in [-0.25, -0.2) is 28.3 Å². The van der Waals surface area contributed by atoms with Gasteiger partial charge in [0.2, 0.25) is 15.9 Å². The molecule has 0 saturated carbocycles. The van der Waals surface area contributed by atoms with Crippen LogP contribution in [-0.4, -0.2) is 49.7 Å². The largest absolute Gasteiger partial charge is 0.464 e. The number of anilines is 1. The normalized spacial score (nSPS) is 18.9. The fourth-order valence-corrected chi connectivity index (χ4v) is 3.08. The summed E-state index contributed by atoms with van der Waals surface area (Å²) in [6, 6.07) is 0. The first-order valence-corrected chi connectivity index (χ1v) is 7.73. The summed E-state index contributed by atoms with van der Waals surface area (Å²) in [5.74, 6) is -1.75. The Balaban J connectivity index is 2.27. The lowest BCUT2D eigenvalue weighted by atomic mass is 10.1. The molecule has 0 aromatic carbocycles. The number of amides is 1. The molecule has 1 saturated heterocycles. The second-order valence-corrected chi connectivity index (χ2v) is 6.28. The number of nitrogens with two attached hydrogens (primary N) is 1. The maximum Gasteiger partial charge on any atom is 0.360 e. The van der Waals surface area contributed by atoms with Crippen LogP contribution in [0.3, 0.4) is 0 Å². The minimum absolute atomic E-state index is 0.0214. The van der Waals surface area contributed by atoms with Gasteiger partial charge in [-0.2, -0.15) is 0 Å². The van der Waals surface area contributed by atoms with Gasteiger partial charge in [0, 0.05) is 31.3 Å². The third-order valence-corrected chi connectivity index (χ3v) is 3.92. The van der Waals surface area contributed by atoms with Gasteiger partial charge in [-0.3, -0.25) is 9.69 Å². The van der Waals surface area contributed by atoms with Gasteiger partial charge in [0.1, 0.15) is 0 Å². The number of aromatic nitrogens is 2. The number of carbonyl (C=O) groups is 2. The molecule has 1 aliphatic heterocycles. The van der Waals surface area contributed by atoms with E-state index < -0.39 is 21.9 Å². The molecule has 1 amide bonds. The number of esters is 1. The fourth-order valence-electron chi connectivity index (χ4n) is 2.20. The van der Waals surface area contributed by atoms with Crippen LogP contribution in [0.2, 0.25) is 0 Å². The SMILES string of the molecule is COC(=O)c1nccnc1N1CC(CS(N)(=O)=O)CC1=O. The lowest BCUT2D eigenvalue weighted by Crippen LogP contribution is -2.30. The Morgan fingerprint density at radius 2 is 2.14 bits per heavy atom. The van der Waals surface area contributed by atoms with Gasteiger partial charge >= 0.3 is 5.97 Å². The molecule has 0 bridgehead atoms. The Hall–Kier alpha value is -2.07. The minimum atomic E-state index is -3.67. The first-order valence-electron chi connectivity index (χ1n) is 6.02.